The largest absolute Gasteiger partial charge is 0.573 e. The molecule has 0 spiro atoms. The molecule has 1 aromatic rings. The smallest absolute Gasteiger partial charge is 0.405 e. The van der Waals surface area contributed by atoms with E-state index in [1.54, 1.807) is 0 Å². The summed E-state index contributed by atoms with van der Waals surface area (Å²) in [5.41, 5.74) is -0.625. The van der Waals surface area contributed by atoms with Gasteiger partial charge < -0.3 is 4.74 Å². The predicted octanol–water partition coefficient (Wildman–Crippen LogP) is 2.69. The zero-order chi connectivity index (χ0) is 14.1. The van der Waals surface area contributed by atoms with Gasteiger partial charge in [-0.2, -0.15) is 5.26 Å². The number of nitrogens with zero attached hydrogens (tertiary/aromatic N) is 1. The Kier molecular flexibility index (Phi) is 3.78. The lowest BCUT2D eigenvalue weighted by atomic mass is 10.1. The van der Waals surface area contributed by atoms with Crippen LogP contribution in [0.4, 0.5) is 13.2 Å². The van der Waals surface area contributed by atoms with E-state index in [1.807, 2.05) is 0 Å². The second-order valence-corrected chi connectivity index (χ2v) is 5.73. The first-order chi connectivity index (χ1) is 8.04. The fourth-order valence-electron chi connectivity index (χ4n) is 1.21. The number of halogens is 4. The van der Waals surface area contributed by atoms with Crippen molar-refractivity contribution in [1.29, 1.82) is 5.26 Å². The molecule has 0 aliphatic rings. The Bertz CT molecular complexity index is 619. The molecule has 0 saturated heterocycles. The lowest BCUT2D eigenvalue weighted by Gasteiger charge is -2.13. The first kappa shape index (κ1) is 14.6. The minimum absolute atomic E-state index is 0.306. The van der Waals surface area contributed by atoms with Crippen LogP contribution in [-0.2, 0) is 9.05 Å². The lowest BCUT2D eigenvalue weighted by Crippen LogP contribution is -2.18. The molecular formula is C9H5ClF3NO3S. The molecule has 0 aliphatic carbocycles. The third-order valence-electron chi connectivity index (χ3n) is 1.93. The highest BCUT2D eigenvalue weighted by Gasteiger charge is 2.33. The summed E-state index contributed by atoms with van der Waals surface area (Å²) in [4.78, 5) is -0.595. The molecule has 18 heavy (non-hydrogen) atoms. The Labute approximate surface area is 105 Å². The summed E-state index contributed by atoms with van der Waals surface area (Å²) in [6.07, 6.45) is -4.99. The molecule has 0 aromatic heterocycles. The second-order valence-electron chi connectivity index (χ2n) is 3.19. The number of benzene rings is 1. The minimum atomic E-state index is -4.99. The van der Waals surface area contributed by atoms with Crippen LogP contribution in [0, 0.1) is 18.3 Å². The van der Waals surface area contributed by atoms with Crippen LogP contribution in [0.3, 0.4) is 0 Å². The molecule has 0 atom stereocenters. The molecule has 0 radical (unpaired) electrons. The van der Waals surface area contributed by atoms with Crippen LogP contribution in [0.25, 0.3) is 0 Å². The van der Waals surface area contributed by atoms with Crippen molar-refractivity contribution in [2.45, 2.75) is 18.2 Å². The topological polar surface area (TPSA) is 67.2 Å². The highest BCUT2D eigenvalue weighted by Crippen LogP contribution is 2.32. The van der Waals surface area contributed by atoms with Crippen LogP contribution >= 0.6 is 10.7 Å². The molecule has 0 amide bonds. The highest BCUT2D eigenvalue weighted by molar-refractivity contribution is 8.13. The average Bonchev–Trinajstić information content (AvgIpc) is 2.17. The van der Waals surface area contributed by atoms with E-state index in [1.165, 1.54) is 6.07 Å². The van der Waals surface area contributed by atoms with Crippen molar-refractivity contribution in [2.24, 2.45) is 0 Å². The predicted molar refractivity (Wildman–Crippen MR) is 55.6 cm³/mol. The van der Waals surface area contributed by atoms with Crippen LogP contribution in [-0.4, -0.2) is 14.8 Å². The van der Waals surface area contributed by atoms with Gasteiger partial charge in [0.05, 0.1) is 16.5 Å². The summed E-state index contributed by atoms with van der Waals surface area (Å²) in [5.74, 6) is -0.777. The third kappa shape index (κ3) is 3.51. The van der Waals surface area contributed by atoms with Crippen molar-refractivity contribution < 1.29 is 26.3 Å². The molecule has 0 N–H and O–H groups in total. The Morgan fingerprint density at radius 3 is 2.33 bits per heavy atom. The summed E-state index contributed by atoms with van der Waals surface area (Å²) in [6, 6.07) is 3.18. The monoisotopic (exact) mass is 299 g/mol. The number of hydrogen-bond donors (Lipinski definition) is 0. The summed E-state index contributed by atoms with van der Waals surface area (Å²) in [5, 5.41) is 8.62. The van der Waals surface area contributed by atoms with Crippen LogP contribution in [0.2, 0.25) is 0 Å². The molecule has 98 valence electrons. The number of ether oxygens (including phenoxy) is 1. The number of hydrogen-bond acceptors (Lipinski definition) is 4. The van der Waals surface area contributed by atoms with E-state index >= 15 is 0 Å². The molecule has 0 heterocycles. The van der Waals surface area contributed by atoms with Gasteiger partial charge in [0.25, 0.3) is 9.05 Å². The Balaban J connectivity index is 3.50. The van der Waals surface area contributed by atoms with Gasteiger partial charge in [0, 0.05) is 16.2 Å². The molecule has 4 nitrogen and oxygen atoms in total. The van der Waals surface area contributed by atoms with Crippen LogP contribution in [0.5, 0.6) is 5.75 Å². The molecule has 9 heteroatoms. The van der Waals surface area contributed by atoms with Gasteiger partial charge >= 0.3 is 6.36 Å². The zero-order valence-electron chi connectivity index (χ0n) is 8.75. The van der Waals surface area contributed by atoms with E-state index in [2.05, 4.69) is 4.74 Å². The van der Waals surface area contributed by atoms with Gasteiger partial charge in [0.1, 0.15) is 5.75 Å². The molecule has 0 unspecified atom stereocenters. The maximum absolute atomic E-state index is 12.1. The first-order valence-corrected chi connectivity index (χ1v) is 6.60. The number of rotatable bonds is 2. The van der Waals surface area contributed by atoms with Gasteiger partial charge in [-0.15, -0.1) is 13.2 Å². The van der Waals surface area contributed by atoms with Gasteiger partial charge in [-0.3, -0.25) is 0 Å². The van der Waals surface area contributed by atoms with Gasteiger partial charge in [-0.1, -0.05) is 0 Å². The van der Waals surface area contributed by atoms with Crippen LogP contribution in [0.15, 0.2) is 17.0 Å². The van der Waals surface area contributed by atoms with Crippen molar-refractivity contribution >= 4 is 19.7 Å². The molecule has 0 fully saturated rings. The molecule has 0 saturated carbocycles. The SMILES string of the molecule is Cc1c(OC(F)(F)F)cc(C#N)cc1S(=O)(=O)Cl. The van der Waals surface area contributed by atoms with E-state index in [-0.39, 0.29) is 11.1 Å². The van der Waals surface area contributed by atoms with Crippen molar-refractivity contribution in [1.82, 2.24) is 0 Å². The van der Waals surface area contributed by atoms with Crippen LogP contribution in [0.1, 0.15) is 11.1 Å². The summed E-state index contributed by atoms with van der Waals surface area (Å²) in [7, 11) is 0.792. The van der Waals surface area contributed by atoms with E-state index in [4.69, 9.17) is 15.9 Å². The van der Waals surface area contributed by atoms with Gasteiger partial charge in [0.2, 0.25) is 0 Å². The summed E-state index contributed by atoms with van der Waals surface area (Å²) in [6.45, 7) is 1.09. The van der Waals surface area contributed by atoms with E-state index < -0.39 is 26.1 Å². The molecule has 0 bridgehead atoms. The van der Waals surface area contributed by atoms with Crippen molar-refractivity contribution in [3.63, 3.8) is 0 Å². The van der Waals surface area contributed by atoms with E-state index in [0.29, 0.717) is 0 Å². The molecule has 0 aliphatic heterocycles. The average molecular weight is 300 g/mol. The van der Waals surface area contributed by atoms with Crippen LogP contribution < -0.4 is 4.74 Å². The summed E-state index contributed by atoms with van der Waals surface area (Å²) >= 11 is 0. The van der Waals surface area contributed by atoms with Gasteiger partial charge in [0.15, 0.2) is 0 Å². The molecule has 1 rings (SSSR count). The Hall–Kier alpha value is -1.46. The molecule has 1 aromatic carbocycles. The van der Waals surface area contributed by atoms with E-state index in [9.17, 15) is 21.6 Å². The van der Waals surface area contributed by atoms with Crippen molar-refractivity contribution in [3.05, 3.63) is 23.3 Å². The Morgan fingerprint density at radius 2 is 1.94 bits per heavy atom. The summed E-state index contributed by atoms with van der Waals surface area (Å²) < 4.78 is 62.2. The fraction of sp³-hybridized carbons (Fsp3) is 0.222. The molecular weight excluding hydrogens is 295 g/mol. The fourth-order valence-corrected chi connectivity index (χ4v) is 2.43. The van der Waals surface area contributed by atoms with Crippen molar-refractivity contribution in [2.75, 3.05) is 0 Å². The highest BCUT2D eigenvalue weighted by atomic mass is 35.7. The zero-order valence-corrected chi connectivity index (χ0v) is 10.3. The van der Waals surface area contributed by atoms with Crippen molar-refractivity contribution in [3.8, 4) is 11.8 Å². The van der Waals surface area contributed by atoms with Gasteiger partial charge in [-0.05, 0) is 19.1 Å². The normalized spacial score (nSPS) is 12.0. The van der Waals surface area contributed by atoms with Gasteiger partial charge in [-0.25, -0.2) is 8.42 Å². The quantitative estimate of drug-likeness (QED) is 0.787. The van der Waals surface area contributed by atoms with E-state index in [0.717, 1.165) is 19.1 Å². The Morgan fingerprint density at radius 1 is 1.39 bits per heavy atom. The maximum atomic E-state index is 12.1. The second kappa shape index (κ2) is 4.66. The number of alkyl halides is 3. The lowest BCUT2D eigenvalue weighted by molar-refractivity contribution is -0.274. The number of nitriles is 1. The standard InChI is InChI=1S/C9H5ClF3NO3S/c1-5-7(17-9(11,12)13)2-6(4-14)3-8(5)18(10,15)16/h2-3H,1H3. The third-order valence-corrected chi connectivity index (χ3v) is 3.38. The minimum Gasteiger partial charge on any atom is -0.405 e. The first-order valence-electron chi connectivity index (χ1n) is 4.30. The maximum Gasteiger partial charge on any atom is 0.573 e.